The molecule has 0 radical (unpaired) electrons. The van der Waals surface area contributed by atoms with Crippen molar-refractivity contribution < 1.29 is 9.15 Å². The number of oxazole rings is 1. The van der Waals surface area contributed by atoms with E-state index in [9.17, 15) is 4.79 Å². The van der Waals surface area contributed by atoms with Crippen LogP contribution in [-0.2, 0) is 12.8 Å². The van der Waals surface area contributed by atoms with Crippen LogP contribution in [-0.4, -0.2) is 17.1 Å². The highest BCUT2D eigenvalue weighted by atomic mass is 16.5. The average Bonchev–Trinajstić information content (AvgIpc) is 3.20. The van der Waals surface area contributed by atoms with Crippen LogP contribution in [0.25, 0.3) is 22.2 Å². The normalized spacial score (nSPS) is 11.0. The van der Waals surface area contributed by atoms with Gasteiger partial charge in [-0.25, -0.2) is 4.98 Å². The van der Waals surface area contributed by atoms with Crippen LogP contribution in [0.3, 0.4) is 0 Å². The van der Waals surface area contributed by atoms with E-state index in [0.717, 1.165) is 24.1 Å². The van der Waals surface area contributed by atoms with Crippen molar-refractivity contribution in [3.05, 3.63) is 82.1 Å². The third-order valence-corrected chi connectivity index (χ3v) is 4.67. The molecule has 0 saturated carbocycles. The van der Waals surface area contributed by atoms with Gasteiger partial charge in [-0.15, -0.1) is 0 Å². The zero-order chi connectivity index (χ0) is 18.8. The number of hydrogen-bond donors (Lipinski definition) is 1. The Bertz CT molecular complexity index is 1140. The summed E-state index contributed by atoms with van der Waals surface area (Å²) in [5.74, 6) is 1.20. The Balaban J connectivity index is 1.71. The van der Waals surface area contributed by atoms with Gasteiger partial charge in [-0.3, -0.25) is 4.79 Å². The number of aromatic nitrogens is 2. The van der Waals surface area contributed by atoms with Gasteiger partial charge < -0.3 is 14.1 Å². The van der Waals surface area contributed by atoms with Crippen molar-refractivity contribution in [2.45, 2.75) is 19.8 Å². The van der Waals surface area contributed by atoms with Crippen molar-refractivity contribution >= 4 is 10.9 Å². The lowest BCUT2D eigenvalue weighted by molar-refractivity contribution is 0.415. The van der Waals surface area contributed by atoms with Gasteiger partial charge in [-0.1, -0.05) is 29.8 Å². The Labute approximate surface area is 156 Å². The van der Waals surface area contributed by atoms with Gasteiger partial charge in [0.05, 0.1) is 24.4 Å². The van der Waals surface area contributed by atoms with Crippen molar-refractivity contribution in [1.29, 1.82) is 0 Å². The maximum atomic E-state index is 12.7. The molecule has 4 aromatic rings. The molecule has 0 bridgehead atoms. The maximum absolute atomic E-state index is 12.7. The molecular formula is C22H20N2O3. The van der Waals surface area contributed by atoms with Gasteiger partial charge in [0.1, 0.15) is 5.75 Å². The second-order valence-electron chi connectivity index (χ2n) is 6.61. The summed E-state index contributed by atoms with van der Waals surface area (Å²) in [6, 6.07) is 13.7. The highest BCUT2D eigenvalue weighted by molar-refractivity contribution is 5.87. The highest BCUT2D eigenvalue weighted by Gasteiger charge is 2.13. The molecule has 2 aromatic heterocycles. The molecular weight excluding hydrogens is 340 g/mol. The molecule has 0 aliphatic rings. The summed E-state index contributed by atoms with van der Waals surface area (Å²) >= 11 is 0. The molecule has 0 amide bonds. The van der Waals surface area contributed by atoms with E-state index < -0.39 is 0 Å². The lowest BCUT2D eigenvalue weighted by Gasteiger charge is -2.10. The van der Waals surface area contributed by atoms with Crippen molar-refractivity contribution in [2.75, 3.05) is 7.11 Å². The van der Waals surface area contributed by atoms with Gasteiger partial charge in [-0.2, -0.15) is 0 Å². The number of H-pyrrole nitrogens is 1. The molecule has 0 saturated heterocycles. The summed E-state index contributed by atoms with van der Waals surface area (Å²) in [5, 5.41) is 0.599. The number of ether oxygens (including phenoxy) is 1. The van der Waals surface area contributed by atoms with Crippen LogP contribution in [0.2, 0.25) is 0 Å². The number of nitrogens with zero attached hydrogens (tertiary/aromatic N) is 1. The fraction of sp³-hybridized carbons (Fsp3) is 0.182. The van der Waals surface area contributed by atoms with Crippen LogP contribution in [0.4, 0.5) is 0 Å². The molecule has 0 aliphatic carbocycles. The summed E-state index contributed by atoms with van der Waals surface area (Å²) in [7, 11) is 1.60. The molecule has 1 N–H and O–H groups in total. The second kappa shape index (κ2) is 7.11. The van der Waals surface area contributed by atoms with Gasteiger partial charge in [-0.05, 0) is 31.4 Å². The predicted molar refractivity (Wildman–Crippen MR) is 105 cm³/mol. The Hall–Kier alpha value is -3.34. The smallest absolute Gasteiger partial charge is 0.189 e. The SMILES string of the molecule is COc1cc2[nH]c(CCc3cccc(C)c3)cc(=O)c2cc1-c1cnco1. The Morgan fingerprint density at radius 1 is 1.15 bits per heavy atom. The molecule has 27 heavy (non-hydrogen) atoms. The van der Waals surface area contributed by atoms with E-state index >= 15 is 0 Å². The molecule has 5 heteroatoms. The minimum absolute atomic E-state index is 0.0218. The quantitative estimate of drug-likeness (QED) is 0.577. The summed E-state index contributed by atoms with van der Waals surface area (Å²) in [6.45, 7) is 2.08. The van der Waals surface area contributed by atoms with Crippen LogP contribution in [0.15, 0.2) is 64.3 Å². The first kappa shape index (κ1) is 17.1. The lowest BCUT2D eigenvalue weighted by atomic mass is 10.0. The van der Waals surface area contributed by atoms with E-state index in [1.807, 2.05) is 6.07 Å². The molecule has 4 rings (SSSR count). The van der Waals surface area contributed by atoms with E-state index in [4.69, 9.17) is 9.15 Å². The minimum atomic E-state index is -0.0218. The van der Waals surface area contributed by atoms with Crippen LogP contribution < -0.4 is 10.2 Å². The monoisotopic (exact) mass is 360 g/mol. The van der Waals surface area contributed by atoms with E-state index in [0.29, 0.717) is 22.5 Å². The fourth-order valence-electron chi connectivity index (χ4n) is 3.32. The Morgan fingerprint density at radius 2 is 2.04 bits per heavy atom. The summed E-state index contributed by atoms with van der Waals surface area (Å²) in [6.07, 6.45) is 4.60. The van der Waals surface area contributed by atoms with Crippen LogP contribution in [0, 0.1) is 6.92 Å². The molecule has 2 aromatic carbocycles. The molecule has 0 fully saturated rings. The third-order valence-electron chi connectivity index (χ3n) is 4.67. The lowest BCUT2D eigenvalue weighted by Crippen LogP contribution is -2.07. The molecule has 0 atom stereocenters. The summed E-state index contributed by atoms with van der Waals surface area (Å²) in [4.78, 5) is 20.0. The number of aromatic amines is 1. The number of pyridine rings is 1. The van der Waals surface area contributed by atoms with Gasteiger partial charge in [0, 0.05) is 23.2 Å². The van der Waals surface area contributed by atoms with Gasteiger partial charge in [0.15, 0.2) is 17.6 Å². The van der Waals surface area contributed by atoms with Crippen LogP contribution in [0.1, 0.15) is 16.8 Å². The number of aryl methyl sites for hydroxylation is 3. The molecule has 2 heterocycles. The molecule has 0 aliphatic heterocycles. The van der Waals surface area contributed by atoms with Crippen LogP contribution >= 0.6 is 0 Å². The number of hydrogen-bond acceptors (Lipinski definition) is 4. The van der Waals surface area contributed by atoms with Gasteiger partial charge in [0.25, 0.3) is 0 Å². The van der Waals surface area contributed by atoms with Crippen molar-refractivity contribution in [3.8, 4) is 17.1 Å². The number of methoxy groups -OCH3 is 1. The number of benzene rings is 2. The number of nitrogens with one attached hydrogen (secondary N) is 1. The first-order chi connectivity index (χ1) is 13.1. The first-order valence-electron chi connectivity index (χ1n) is 8.82. The van der Waals surface area contributed by atoms with Crippen molar-refractivity contribution in [1.82, 2.24) is 9.97 Å². The highest BCUT2D eigenvalue weighted by Crippen LogP contribution is 2.32. The Morgan fingerprint density at radius 3 is 2.78 bits per heavy atom. The van der Waals surface area contributed by atoms with Crippen LogP contribution in [0.5, 0.6) is 5.75 Å². The fourth-order valence-corrected chi connectivity index (χ4v) is 3.32. The largest absolute Gasteiger partial charge is 0.496 e. The standard InChI is InChI=1S/C22H20N2O3/c1-14-4-3-5-15(8-14)6-7-16-9-20(25)17-10-18(22-12-23-13-27-22)21(26-2)11-19(17)24-16/h3-5,8-13H,6-7H2,1-2H3,(H,24,25). The average molecular weight is 360 g/mol. The van der Waals surface area contributed by atoms with E-state index in [-0.39, 0.29) is 5.43 Å². The minimum Gasteiger partial charge on any atom is -0.496 e. The maximum Gasteiger partial charge on any atom is 0.189 e. The van der Waals surface area contributed by atoms with Crippen molar-refractivity contribution in [2.24, 2.45) is 0 Å². The zero-order valence-corrected chi connectivity index (χ0v) is 15.3. The summed E-state index contributed by atoms with van der Waals surface area (Å²) in [5.41, 5.74) is 4.84. The molecule has 5 nitrogen and oxygen atoms in total. The van der Waals surface area contributed by atoms with E-state index in [2.05, 4.69) is 41.2 Å². The van der Waals surface area contributed by atoms with E-state index in [1.54, 1.807) is 25.4 Å². The van der Waals surface area contributed by atoms with E-state index in [1.165, 1.54) is 17.5 Å². The van der Waals surface area contributed by atoms with Crippen molar-refractivity contribution in [3.63, 3.8) is 0 Å². The molecule has 0 unspecified atom stereocenters. The molecule has 136 valence electrons. The third kappa shape index (κ3) is 3.49. The zero-order valence-electron chi connectivity index (χ0n) is 15.3. The first-order valence-corrected chi connectivity index (χ1v) is 8.82. The number of rotatable bonds is 5. The second-order valence-corrected chi connectivity index (χ2v) is 6.61. The Kier molecular flexibility index (Phi) is 4.50. The predicted octanol–water partition coefficient (Wildman–Crippen LogP) is 4.29. The topological polar surface area (TPSA) is 68.1 Å². The van der Waals surface area contributed by atoms with Gasteiger partial charge in [0.2, 0.25) is 0 Å². The number of fused-ring (bicyclic) bond motifs is 1. The van der Waals surface area contributed by atoms with Gasteiger partial charge >= 0.3 is 0 Å². The summed E-state index contributed by atoms with van der Waals surface area (Å²) < 4.78 is 10.9. The molecule has 0 spiro atoms.